The summed E-state index contributed by atoms with van der Waals surface area (Å²) in [6, 6.07) is 3.71. The number of amides is 2. The molecule has 0 bridgehead atoms. The van der Waals surface area contributed by atoms with Crippen LogP contribution in [-0.2, 0) is 9.84 Å². The quantitative estimate of drug-likeness (QED) is 0.882. The van der Waals surface area contributed by atoms with E-state index in [9.17, 15) is 22.0 Å². The first kappa shape index (κ1) is 18.1. The number of likely N-dealkylation sites (tertiary alicyclic amines) is 1. The van der Waals surface area contributed by atoms with E-state index in [-0.39, 0.29) is 29.4 Å². The number of nitrogens with zero attached hydrogens (tertiary/aromatic N) is 1. The Balaban J connectivity index is 1.48. The molecule has 1 N–H and O–H groups in total. The van der Waals surface area contributed by atoms with Crippen LogP contribution >= 0.6 is 0 Å². The summed E-state index contributed by atoms with van der Waals surface area (Å²) in [5.41, 5.74) is 0.705. The van der Waals surface area contributed by atoms with Gasteiger partial charge in [0.2, 0.25) is 0 Å². The Morgan fingerprint density at radius 3 is 2.68 bits per heavy atom. The minimum Gasteiger partial charge on any atom is -0.338 e. The van der Waals surface area contributed by atoms with Gasteiger partial charge in [-0.2, -0.15) is 0 Å². The molecule has 2 heterocycles. The summed E-state index contributed by atoms with van der Waals surface area (Å²) >= 11 is 0. The molecule has 1 aromatic rings. The zero-order chi connectivity index (χ0) is 18.0. The smallest absolute Gasteiger partial charge is 0.317 e. The number of carbonyl (C=O) groups excluding carboxylic acids is 1. The van der Waals surface area contributed by atoms with Gasteiger partial charge in [-0.05, 0) is 42.9 Å². The van der Waals surface area contributed by atoms with Crippen molar-refractivity contribution < 1.29 is 22.0 Å². The normalized spacial score (nSPS) is 23.1. The molecule has 2 aliphatic heterocycles. The Labute approximate surface area is 146 Å². The minimum atomic E-state index is -2.83. The van der Waals surface area contributed by atoms with Crippen molar-refractivity contribution in [3.8, 4) is 0 Å². The topological polar surface area (TPSA) is 66.5 Å². The lowest BCUT2D eigenvalue weighted by Gasteiger charge is -2.33. The van der Waals surface area contributed by atoms with E-state index in [4.69, 9.17) is 0 Å². The van der Waals surface area contributed by atoms with Crippen molar-refractivity contribution >= 4 is 15.9 Å². The third kappa shape index (κ3) is 4.48. The fourth-order valence-corrected chi connectivity index (χ4v) is 5.20. The third-order valence-corrected chi connectivity index (χ3v) is 6.89. The summed E-state index contributed by atoms with van der Waals surface area (Å²) in [4.78, 5) is 14.0. The van der Waals surface area contributed by atoms with Crippen molar-refractivity contribution in [1.29, 1.82) is 0 Å². The van der Waals surface area contributed by atoms with E-state index in [1.54, 1.807) is 11.0 Å². The summed E-state index contributed by atoms with van der Waals surface area (Å²) in [5, 5.41) is 2.83. The zero-order valence-corrected chi connectivity index (χ0v) is 14.7. The summed E-state index contributed by atoms with van der Waals surface area (Å²) < 4.78 is 48.7. The summed E-state index contributed by atoms with van der Waals surface area (Å²) in [7, 11) is -2.83. The Morgan fingerprint density at radius 2 is 2.00 bits per heavy atom. The fourth-order valence-electron chi connectivity index (χ4n) is 3.53. The van der Waals surface area contributed by atoms with E-state index in [1.165, 1.54) is 6.07 Å². The van der Waals surface area contributed by atoms with Crippen molar-refractivity contribution in [3.05, 3.63) is 35.4 Å². The number of sulfone groups is 1. The highest BCUT2D eigenvalue weighted by Crippen LogP contribution is 2.28. The van der Waals surface area contributed by atoms with Gasteiger partial charge in [-0.25, -0.2) is 22.0 Å². The molecule has 1 atom stereocenters. The van der Waals surface area contributed by atoms with Gasteiger partial charge in [-0.15, -0.1) is 0 Å². The lowest BCUT2D eigenvalue weighted by atomic mass is 9.90. The second kappa shape index (κ2) is 7.27. The molecule has 1 aromatic carbocycles. The third-order valence-electron chi connectivity index (χ3n) is 4.93. The Hall–Kier alpha value is -1.70. The molecule has 2 fully saturated rings. The molecule has 0 radical (unpaired) electrons. The SMILES string of the molecule is O=C(NCCC1CS(=O)(=O)C1)N1CCCC(c2ccc(F)c(F)c2)C1. The first-order valence-electron chi connectivity index (χ1n) is 8.52. The van der Waals surface area contributed by atoms with Crippen molar-refractivity contribution in [2.75, 3.05) is 31.1 Å². The minimum absolute atomic E-state index is 0.00799. The number of hydrogen-bond acceptors (Lipinski definition) is 3. The predicted octanol–water partition coefficient (Wildman–Crippen LogP) is 2.29. The zero-order valence-electron chi connectivity index (χ0n) is 13.9. The van der Waals surface area contributed by atoms with Crippen LogP contribution in [0.15, 0.2) is 18.2 Å². The second-order valence-electron chi connectivity index (χ2n) is 6.92. The van der Waals surface area contributed by atoms with Crippen LogP contribution < -0.4 is 5.32 Å². The lowest BCUT2D eigenvalue weighted by Crippen LogP contribution is -2.46. The number of hydrogen-bond donors (Lipinski definition) is 1. The number of nitrogens with one attached hydrogen (secondary N) is 1. The standard InChI is InChI=1S/C17H22F2N2O3S/c18-15-4-3-13(8-16(15)19)14-2-1-7-21(9-14)17(22)20-6-5-12-10-25(23,24)11-12/h3-4,8,12,14H,1-2,5-7,9-11H2,(H,20,22). The van der Waals surface area contributed by atoms with E-state index in [0.717, 1.165) is 18.9 Å². The van der Waals surface area contributed by atoms with Crippen LogP contribution in [0.2, 0.25) is 0 Å². The maximum absolute atomic E-state index is 13.4. The average Bonchev–Trinajstić information content (AvgIpc) is 2.55. The van der Waals surface area contributed by atoms with Gasteiger partial charge in [0.25, 0.3) is 0 Å². The Kier molecular flexibility index (Phi) is 5.27. The molecular formula is C17H22F2N2O3S. The van der Waals surface area contributed by atoms with Gasteiger partial charge in [0, 0.05) is 25.6 Å². The van der Waals surface area contributed by atoms with Gasteiger partial charge in [0.05, 0.1) is 11.5 Å². The monoisotopic (exact) mass is 372 g/mol. The van der Waals surface area contributed by atoms with E-state index >= 15 is 0 Å². The number of halogens is 2. The highest BCUT2D eigenvalue weighted by atomic mass is 32.2. The predicted molar refractivity (Wildman–Crippen MR) is 90.1 cm³/mol. The summed E-state index contributed by atoms with van der Waals surface area (Å²) in [6.45, 7) is 1.55. The maximum Gasteiger partial charge on any atom is 0.317 e. The maximum atomic E-state index is 13.4. The lowest BCUT2D eigenvalue weighted by molar-refractivity contribution is 0.179. The van der Waals surface area contributed by atoms with Gasteiger partial charge >= 0.3 is 6.03 Å². The molecule has 0 saturated carbocycles. The molecule has 3 rings (SSSR count). The van der Waals surface area contributed by atoms with Crippen LogP contribution in [0, 0.1) is 17.6 Å². The number of urea groups is 1. The number of benzene rings is 1. The molecule has 138 valence electrons. The van der Waals surface area contributed by atoms with Crippen molar-refractivity contribution in [1.82, 2.24) is 10.2 Å². The van der Waals surface area contributed by atoms with Gasteiger partial charge in [0.15, 0.2) is 21.5 Å². The number of rotatable bonds is 4. The van der Waals surface area contributed by atoms with Crippen molar-refractivity contribution in [3.63, 3.8) is 0 Å². The first-order valence-corrected chi connectivity index (χ1v) is 10.3. The molecule has 0 aromatic heterocycles. The van der Waals surface area contributed by atoms with Gasteiger partial charge in [-0.1, -0.05) is 6.07 Å². The summed E-state index contributed by atoms with van der Waals surface area (Å²) in [6.07, 6.45) is 2.29. The largest absolute Gasteiger partial charge is 0.338 e. The molecule has 1 unspecified atom stereocenters. The number of carbonyl (C=O) groups is 1. The molecule has 25 heavy (non-hydrogen) atoms. The van der Waals surface area contributed by atoms with Crippen molar-refractivity contribution in [2.45, 2.75) is 25.2 Å². The molecule has 2 amide bonds. The average molecular weight is 372 g/mol. The van der Waals surface area contributed by atoms with Gasteiger partial charge < -0.3 is 10.2 Å². The van der Waals surface area contributed by atoms with Crippen LogP contribution in [0.25, 0.3) is 0 Å². The second-order valence-corrected chi connectivity index (χ2v) is 9.08. The van der Waals surface area contributed by atoms with Crippen molar-refractivity contribution in [2.24, 2.45) is 5.92 Å². The fraction of sp³-hybridized carbons (Fsp3) is 0.588. The van der Waals surface area contributed by atoms with Crippen LogP contribution in [0.3, 0.4) is 0 Å². The van der Waals surface area contributed by atoms with Crippen LogP contribution in [0.1, 0.15) is 30.7 Å². The van der Waals surface area contributed by atoms with Crippen LogP contribution in [-0.4, -0.2) is 50.5 Å². The van der Waals surface area contributed by atoms with Crippen LogP contribution in [0.5, 0.6) is 0 Å². The molecule has 0 spiro atoms. The van der Waals surface area contributed by atoms with Gasteiger partial charge in [0.1, 0.15) is 0 Å². The Morgan fingerprint density at radius 1 is 1.24 bits per heavy atom. The molecule has 0 aliphatic carbocycles. The van der Waals surface area contributed by atoms with E-state index in [1.807, 2.05) is 0 Å². The molecule has 2 aliphatic rings. The van der Waals surface area contributed by atoms with Crippen LogP contribution in [0.4, 0.5) is 13.6 Å². The molecular weight excluding hydrogens is 350 g/mol. The number of piperidine rings is 1. The first-order chi connectivity index (χ1) is 11.8. The molecule has 2 saturated heterocycles. The Bertz CT molecular complexity index is 742. The molecule has 5 nitrogen and oxygen atoms in total. The van der Waals surface area contributed by atoms with E-state index in [0.29, 0.717) is 31.6 Å². The van der Waals surface area contributed by atoms with Gasteiger partial charge in [-0.3, -0.25) is 0 Å². The van der Waals surface area contributed by atoms with E-state index < -0.39 is 21.5 Å². The highest BCUT2D eigenvalue weighted by Gasteiger charge is 2.33. The van der Waals surface area contributed by atoms with E-state index in [2.05, 4.69) is 5.32 Å². The molecule has 8 heteroatoms. The summed E-state index contributed by atoms with van der Waals surface area (Å²) in [5.74, 6) is -1.18. The highest BCUT2D eigenvalue weighted by molar-refractivity contribution is 7.92.